The first-order valence-corrected chi connectivity index (χ1v) is 6.26. The normalized spacial score (nSPS) is 40.4. The molecule has 1 saturated carbocycles. The largest absolute Gasteiger partial charge is 0.481 e. The fourth-order valence-corrected chi connectivity index (χ4v) is 2.98. The number of hydrogen-bond acceptors (Lipinski definition) is 3. The molecule has 2 aliphatic rings. The van der Waals surface area contributed by atoms with E-state index in [9.17, 15) is 4.79 Å². The number of hydrogen-bond donors (Lipinski definition) is 2. The van der Waals surface area contributed by atoms with Crippen LogP contribution >= 0.6 is 0 Å². The first-order chi connectivity index (χ1) is 7.61. The van der Waals surface area contributed by atoms with E-state index in [0.717, 1.165) is 25.4 Å². The van der Waals surface area contributed by atoms with Gasteiger partial charge in [0.2, 0.25) is 0 Å². The molecule has 0 aromatic carbocycles. The molecule has 1 heterocycles. The first kappa shape index (κ1) is 11.9. The average molecular weight is 226 g/mol. The summed E-state index contributed by atoms with van der Waals surface area (Å²) in [5, 5.41) is 12.4. The lowest BCUT2D eigenvalue weighted by atomic mass is 9.78. The molecule has 1 aliphatic heterocycles. The molecule has 0 bridgehead atoms. The maximum atomic E-state index is 11.1. The minimum atomic E-state index is -0.642. The summed E-state index contributed by atoms with van der Waals surface area (Å²) < 4.78 is 0. The van der Waals surface area contributed by atoms with Crippen LogP contribution in [0.3, 0.4) is 0 Å². The second kappa shape index (κ2) is 4.72. The molecule has 0 amide bonds. The number of aliphatic carboxylic acids is 1. The fraction of sp³-hybridized carbons (Fsp3) is 0.917. The zero-order valence-corrected chi connectivity index (χ0v) is 10.1. The lowest BCUT2D eigenvalue weighted by Gasteiger charge is -2.47. The van der Waals surface area contributed by atoms with Gasteiger partial charge in [-0.2, -0.15) is 0 Å². The van der Waals surface area contributed by atoms with E-state index in [-0.39, 0.29) is 5.92 Å². The summed E-state index contributed by atoms with van der Waals surface area (Å²) in [6.07, 6.45) is 3.30. The van der Waals surface area contributed by atoms with Crippen molar-refractivity contribution in [3.63, 3.8) is 0 Å². The van der Waals surface area contributed by atoms with E-state index in [1.165, 1.54) is 12.8 Å². The van der Waals surface area contributed by atoms with Crippen LogP contribution in [0.5, 0.6) is 0 Å². The summed E-state index contributed by atoms with van der Waals surface area (Å²) in [5.41, 5.74) is 0. The molecule has 2 rings (SSSR count). The topological polar surface area (TPSA) is 52.6 Å². The lowest BCUT2D eigenvalue weighted by Crippen LogP contribution is -2.57. The molecule has 2 N–H and O–H groups in total. The van der Waals surface area contributed by atoms with Crippen LogP contribution in [0.25, 0.3) is 0 Å². The average Bonchev–Trinajstić information content (AvgIpc) is 2.26. The third kappa shape index (κ3) is 2.23. The number of likely N-dealkylation sites (tertiary alicyclic amines) is 1. The van der Waals surface area contributed by atoms with Crippen LogP contribution < -0.4 is 5.32 Å². The van der Waals surface area contributed by atoms with Gasteiger partial charge in [-0.3, -0.25) is 9.69 Å². The number of rotatable bonds is 3. The maximum Gasteiger partial charge on any atom is 0.307 e. The van der Waals surface area contributed by atoms with Gasteiger partial charge in [-0.1, -0.05) is 6.92 Å². The maximum absolute atomic E-state index is 11.1. The van der Waals surface area contributed by atoms with E-state index < -0.39 is 5.97 Å². The Bertz CT molecular complexity index is 270. The van der Waals surface area contributed by atoms with Crippen LogP contribution in [0.4, 0.5) is 0 Å². The second-order valence-electron chi connectivity index (χ2n) is 5.33. The quantitative estimate of drug-likeness (QED) is 0.746. The Morgan fingerprint density at radius 3 is 2.56 bits per heavy atom. The smallest absolute Gasteiger partial charge is 0.307 e. The first-order valence-electron chi connectivity index (χ1n) is 6.26. The zero-order valence-electron chi connectivity index (χ0n) is 10.1. The number of likely N-dealkylation sites (N-methyl/N-ethyl adjacent to an activating group) is 1. The van der Waals surface area contributed by atoms with Crippen molar-refractivity contribution in [1.29, 1.82) is 0 Å². The molecule has 0 aromatic heterocycles. The minimum absolute atomic E-state index is 0.195. The molecule has 92 valence electrons. The predicted molar refractivity (Wildman–Crippen MR) is 62.3 cm³/mol. The molecule has 0 radical (unpaired) electrons. The highest BCUT2D eigenvalue weighted by atomic mass is 16.4. The van der Waals surface area contributed by atoms with Gasteiger partial charge in [-0.15, -0.1) is 0 Å². The Morgan fingerprint density at radius 2 is 2.12 bits per heavy atom. The highest BCUT2D eigenvalue weighted by Crippen LogP contribution is 2.34. The number of carboxylic acid groups (broad SMARTS) is 1. The molecule has 2 fully saturated rings. The van der Waals surface area contributed by atoms with Gasteiger partial charge >= 0.3 is 5.97 Å². The Labute approximate surface area is 97.0 Å². The van der Waals surface area contributed by atoms with E-state index in [1.807, 2.05) is 7.05 Å². The molecule has 4 unspecified atom stereocenters. The summed E-state index contributed by atoms with van der Waals surface area (Å²) in [6, 6.07) is 0.959. The molecular formula is C12H22N2O2. The van der Waals surface area contributed by atoms with Gasteiger partial charge in [0.05, 0.1) is 5.92 Å². The van der Waals surface area contributed by atoms with Crippen molar-refractivity contribution in [2.24, 2.45) is 11.8 Å². The second-order valence-corrected chi connectivity index (χ2v) is 5.33. The van der Waals surface area contributed by atoms with Gasteiger partial charge in [0.15, 0.2) is 0 Å². The highest BCUT2D eigenvalue weighted by Gasteiger charge is 2.38. The van der Waals surface area contributed by atoms with Gasteiger partial charge in [0.1, 0.15) is 0 Å². The number of piperidine rings is 1. The van der Waals surface area contributed by atoms with Gasteiger partial charge in [-0.25, -0.2) is 0 Å². The van der Waals surface area contributed by atoms with E-state index in [2.05, 4.69) is 17.1 Å². The molecule has 16 heavy (non-hydrogen) atoms. The summed E-state index contributed by atoms with van der Waals surface area (Å²) in [7, 11) is 1.93. The van der Waals surface area contributed by atoms with Crippen LogP contribution in [0, 0.1) is 11.8 Å². The monoisotopic (exact) mass is 226 g/mol. The van der Waals surface area contributed by atoms with Crippen molar-refractivity contribution in [2.75, 3.05) is 20.1 Å². The standard InChI is InChI=1S/C12H22N2O2/c1-8-3-4-11(8)14-6-9(12(15)16)5-10(7-14)13-2/h8-11,13H,3-7H2,1-2H3,(H,15,16). The van der Waals surface area contributed by atoms with Gasteiger partial charge in [0, 0.05) is 25.2 Å². The van der Waals surface area contributed by atoms with Crippen molar-refractivity contribution < 1.29 is 9.90 Å². The Balaban J connectivity index is 1.99. The Morgan fingerprint density at radius 1 is 1.38 bits per heavy atom. The summed E-state index contributed by atoms with van der Waals surface area (Å²) in [5.74, 6) is -0.0963. The predicted octanol–water partition coefficient (Wildman–Crippen LogP) is 0.779. The van der Waals surface area contributed by atoms with Gasteiger partial charge in [0.25, 0.3) is 0 Å². The fourth-order valence-electron chi connectivity index (χ4n) is 2.98. The number of nitrogens with zero attached hydrogens (tertiary/aromatic N) is 1. The summed E-state index contributed by atoms with van der Waals surface area (Å²) in [6.45, 7) is 4.02. The summed E-state index contributed by atoms with van der Waals surface area (Å²) in [4.78, 5) is 13.5. The molecule has 4 heteroatoms. The van der Waals surface area contributed by atoms with Gasteiger partial charge in [-0.05, 0) is 32.2 Å². The van der Waals surface area contributed by atoms with Crippen LogP contribution in [-0.4, -0.2) is 48.2 Å². The number of carbonyl (C=O) groups is 1. The molecule has 4 atom stereocenters. The molecule has 0 aromatic rings. The Hall–Kier alpha value is -0.610. The van der Waals surface area contributed by atoms with Crippen molar-refractivity contribution in [1.82, 2.24) is 10.2 Å². The Kier molecular flexibility index (Phi) is 3.50. The molecule has 0 spiro atoms. The number of nitrogens with one attached hydrogen (secondary N) is 1. The van der Waals surface area contributed by atoms with E-state index in [0.29, 0.717) is 12.1 Å². The summed E-state index contributed by atoms with van der Waals surface area (Å²) >= 11 is 0. The van der Waals surface area contributed by atoms with Crippen LogP contribution in [0.15, 0.2) is 0 Å². The van der Waals surface area contributed by atoms with Gasteiger partial charge < -0.3 is 10.4 Å². The van der Waals surface area contributed by atoms with Crippen LogP contribution in [0.1, 0.15) is 26.2 Å². The molecule has 4 nitrogen and oxygen atoms in total. The third-order valence-corrected chi connectivity index (χ3v) is 4.28. The number of carboxylic acids is 1. The SMILES string of the molecule is CNC1CC(C(=O)O)CN(C2CCC2C)C1. The van der Waals surface area contributed by atoms with Crippen LogP contribution in [-0.2, 0) is 4.79 Å². The lowest BCUT2D eigenvalue weighted by molar-refractivity contribution is -0.145. The van der Waals surface area contributed by atoms with E-state index in [4.69, 9.17) is 5.11 Å². The van der Waals surface area contributed by atoms with Crippen molar-refractivity contribution in [3.05, 3.63) is 0 Å². The van der Waals surface area contributed by atoms with Crippen molar-refractivity contribution >= 4 is 5.97 Å². The molecule has 1 aliphatic carbocycles. The molecule has 1 saturated heterocycles. The van der Waals surface area contributed by atoms with E-state index >= 15 is 0 Å². The third-order valence-electron chi connectivity index (χ3n) is 4.28. The van der Waals surface area contributed by atoms with Crippen molar-refractivity contribution in [2.45, 2.75) is 38.3 Å². The zero-order chi connectivity index (χ0) is 11.7. The molecular weight excluding hydrogens is 204 g/mol. The van der Waals surface area contributed by atoms with Crippen molar-refractivity contribution in [3.8, 4) is 0 Å². The minimum Gasteiger partial charge on any atom is -0.481 e. The highest BCUT2D eigenvalue weighted by molar-refractivity contribution is 5.70. The van der Waals surface area contributed by atoms with Crippen LogP contribution in [0.2, 0.25) is 0 Å². The van der Waals surface area contributed by atoms with E-state index in [1.54, 1.807) is 0 Å².